The Morgan fingerprint density at radius 1 is 0.806 bits per heavy atom. The minimum absolute atomic E-state index is 0.290. The Bertz CT molecular complexity index is 1420. The van der Waals surface area contributed by atoms with Gasteiger partial charge in [0.25, 0.3) is 5.91 Å². The lowest BCUT2D eigenvalue weighted by molar-refractivity contribution is -0.129. The Labute approximate surface area is 210 Å². The smallest absolute Gasteiger partial charge is 0.318 e. The molecule has 3 aromatic carbocycles. The van der Waals surface area contributed by atoms with Crippen LogP contribution < -0.4 is 5.32 Å². The lowest BCUT2D eigenvalue weighted by atomic mass is 9.82. The van der Waals surface area contributed by atoms with E-state index >= 15 is 0 Å². The number of hydrogen-bond acceptors (Lipinski definition) is 3. The third-order valence-corrected chi connectivity index (χ3v) is 6.84. The molecule has 1 aromatic heterocycles. The van der Waals surface area contributed by atoms with Crippen LogP contribution in [-0.4, -0.2) is 33.7 Å². The van der Waals surface area contributed by atoms with Crippen LogP contribution in [0.25, 0.3) is 5.69 Å². The Balaban J connectivity index is 1.49. The van der Waals surface area contributed by atoms with Crippen LogP contribution in [0.3, 0.4) is 0 Å². The molecule has 3 amide bonds. The summed E-state index contributed by atoms with van der Waals surface area (Å²) in [5.74, 6) is -0.757. The highest BCUT2D eigenvalue weighted by Crippen LogP contribution is 2.36. The van der Waals surface area contributed by atoms with Gasteiger partial charge in [-0.05, 0) is 50.1 Å². The topological polar surface area (TPSA) is 71.4 Å². The maximum Gasteiger partial charge on any atom is 0.325 e. The summed E-state index contributed by atoms with van der Waals surface area (Å²) < 4.78 is 2.01. The zero-order chi connectivity index (χ0) is 25.4. The normalized spacial score (nSPS) is 14.7. The predicted molar refractivity (Wildman–Crippen MR) is 138 cm³/mol. The molecule has 0 saturated carbocycles. The van der Waals surface area contributed by atoms with E-state index in [4.69, 9.17) is 0 Å². The van der Waals surface area contributed by atoms with Crippen LogP contribution >= 0.6 is 0 Å². The number of aryl methyl sites for hydroxylation is 2. The number of aromatic nitrogens is 1. The van der Waals surface area contributed by atoms with Crippen LogP contribution in [0.2, 0.25) is 0 Å². The quantitative estimate of drug-likeness (QED) is 0.311. The monoisotopic (exact) mass is 477 g/mol. The fraction of sp³-hybridized carbons (Fsp3) is 0.167. The molecule has 1 fully saturated rings. The van der Waals surface area contributed by atoms with Gasteiger partial charge in [-0.2, -0.15) is 0 Å². The second kappa shape index (κ2) is 8.96. The molecule has 180 valence electrons. The largest absolute Gasteiger partial charge is 0.325 e. The number of carbonyl (C=O) groups is 3. The second-order valence-corrected chi connectivity index (χ2v) is 9.18. The van der Waals surface area contributed by atoms with Gasteiger partial charge in [-0.25, -0.2) is 4.79 Å². The van der Waals surface area contributed by atoms with E-state index in [1.165, 1.54) is 0 Å². The standard InChI is InChI=1S/C30H27N3O3/c1-20-14-16-25(17-15-20)33-21(2)18-26(22(33)3)27(34)19-32-28(35)30(31-29(32)36,23-10-6-4-7-11-23)24-12-8-5-9-13-24/h4-18H,19H2,1-3H3,(H,31,36). The number of rotatable bonds is 6. The zero-order valence-electron chi connectivity index (χ0n) is 20.5. The molecule has 1 N–H and O–H groups in total. The molecular weight excluding hydrogens is 450 g/mol. The molecule has 6 heteroatoms. The molecule has 0 spiro atoms. The van der Waals surface area contributed by atoms with E-state index < -0.39 is 17.5 Å². The first kappa shape index (κ1) is 23.3. The highest BCUT2D eigenvalue weighted by molar-refractivity contribution is 6.13. The summed E-state index contributed by atoms with van der Waals surface area (Å²) >= 11 is 0. The molecule has 5 rings (SSSR count). The molecule has 6 nitrogen and oxygen atoms in total. The number of imide groups is 1. The van der Waals surface area contributed by atoms with E-state index in [0.29, 0.717) is 16.7 Å². The molecule has 0 bridgehead atoms. The number of nitrogens with zero attached hydrogens (tertiary/aromatic N) is 2. The van der Waals surface area contributed by atoms with Crippen molar-refractivity contribution in [2.45, 2.75) is 26.3 Å². The molecule has 0 aliphatic carbocycles. The van der Waals surface area contributed by atoms with Crippen LogP contribution in [0.15, 0.2) is 91.0 Å². The van der Waals surface area contributed by atoms with Gasteiger partial charge in [0.2, 0.25) is 0 Å². The summed E-state index contributed by atoms with van der Waals surface area (Å²) in [6.07, 6.45) is 0. The molecule has 1 aliphatic rings. The molecule has 36 heavy (non-hydrogen) atoms. The Hall–Kier alpha value is -4.45. The number of nitrogens with one attached hydrogen (secondary N) is 1. The van der Waals surface area contributed by atoms with Crippen LogP contribution in [-0.2, 0) is 10.3 Å². The van der Waals surface area contributed by atoms with Gasteiger partial charge in [0, 0.05) is 22.6 Å². The first-order valence-electron chi connectivity index (χ1n) is 11.9. The fourth-order valence-electron chi connectivity index (χ4n) is 5.02. The predicted octanol–water partition coefficient (Wildman–Crippen LogP) is 5.08. The van der Waals surface area contributed by atoms with E-state index in [-0.39, 0.29) is 12.3 Å². The van der Waals surface area contributed by atoms with Crippen molar-refractivity contribution < 1.29 is 14.4 Å². The number of Topliss-reactive ketones (excluding diaryl/α,β-unsaturated/α-hetero) is 1. The zero-order valence-corrected chi connectivity index (χ0v) is 20.5. The minimum Gasteiger partial charge on any atom is -0.318 e. The van der Waals surface area contributed by atoms with Gasteiger partial charge in [-0.15, -0.1) is 0 Å². The summed E-state index contributed by atoms with van der Waals surface area (Å²) in [7, 11) is 0. The van der Waals surface area contributed by atoms with Gasteiger partial charge in [0.1, 0.15) is 0 Å². The van der Waals surface area contributed by atoms with Crippen LogP contribution in [0.4, 0.5) is 4.79 Å². The maximum atomic E-state index is 13.9. The van der Waals surface area contributed by atoms with Gasteiger partial charge in [-0.3, -0.25) is 14.5 Å². The number of hydrogen-bond donors (Lipinski definition) is 1. The van der Waals surface area contributed by atoms with Gasteiger partial charge < -0.3 is 9.88 Å². The molecule has 1 aliphatic heterocycles. The van der Waals surface area contributed by atoms with Crippen molar-refractivity contribution in [1.29, 1.82) is 0 Å². The van der Waals surface area contributed by atoms with Crippen molar-refractivity contribution in [2.24, 2.45) is 0 Å². The lowest BCUT2D eigenvalue weighted by Crippen LogP contribution is -2.45. The Morgan fingerprint density at radius 3 is 1.92 bits per heavy atom. The van der Waals surface area contributed by atoms with Crippen molar-refractivity contribution in [3.8, 4) is 5.69 Å². The number of amides is 3. The van der Waals surface area contributed by atoms with Crippen molar-refractivity contribution in [3.63, 3.8) is 0 Å². The Kier molecular flexibility index (Phi) is 5.80. The Morgan fingerprint density at radius 2 is 1.36 bits per heavy atom. The third-order valence-electron chi connectivity index (χ3n) is 6.84. The molecule has 4 aromatic rings. The highest BCUT2D eigenvalue weighted by atomic mass is 16.2. The maximum absolute atomic E-state index is 13.9. The van der Waals surface area contributed by atoms with Crippen molar-refractivity contribution in [1.82, 2.24) is 14.8 Å². The van der Waals surface area contributed by atoms with Gasteiger partial charge in [0.15, 0.2) is 11.3 Å². The number of carbonyl (C=O) groups excluding carboxylic acids is 3. The summed E-state index contributed by atoms with van der Waals surface area (Å²) in [6.45, 7) is 5.50. The average Bonchev–Trinajstić information content (AvgIpc) is 3.33. The van der Waals surface area contributed by atoms with Crippen molar-refractivity contribution >= 4 is 17.7 Å². The minimum atomic E-state index is -1.39. The third kappa shape index (κ3) is 3.71. The van der Waals surface area contributed by atoms with Crippen molar-refractivity contribution in [3.05, 3.63) is 125 Å². The molecular formula is C30H27N3O3. The molecule has 0 radical (unpaired) electrons. The number of ketones is 1. The SMILES string of the molecule is Cc1ccc(-n2c(C)cc(C(=O)CN3C(=O)NC(c4ccccc4)(c4ccccc4)C3=O)c2C)cc1. The molecule has 0 unspecified atom stereocenters. The van der Waals surface area contributed by atoms with Crippen molar-refractivity contribution in [2.75, 3.05) is 6.54 Å². The molecule has 0 atom stereocenters. The van der Waals surface area contributed by atoms with Gasteiger partial charge in [0.05, 0.1) is 6.54 Å². The fourth-order valence-corrected chi connectivity index (χ4v) is 5.02. The van der Waals surface area contributed by atoms with E-state index in [9.17, 15) is 14.4 Å². The van der Waals surface area contributed by atoms with Crippen LogP contribution in [0.1, 0.15) is 38.4 Å². The second-order valence-electron chi connectivity index (χ2n) is 9.18. The van der Waals surface area contributed by atoms with Gasteiger partial charge in [-0.1, -0.05) is 78.4 Å². The summed E-state index contributed by atoms with van der Waals surface area (Å²) in [5.41, 5.74) is 4.16. The number of benzene rings is 3. The summed E-state index contributed by atoms with van der Waals surface area (Å²) in [5, 5.41) is 2.90. The highest BCUT2D eigenvalue weighted by Gasteiger charge is 2.54. The first-order chi connectivity index (χ1) is 17.3. The van der Waals surface area contributed by atoms with E-state index in [1.807, 2.05) is 116 Å². The first-order valence-corrected chi connectivity index (χ1v) is 11.9. The molecule has 2 heterocycles. The number of urea groups is 1. The van der Waals surface area contributed by atoms with Gasteiger partial charge >= 0.3 is 6.03 Å². The van der Waals surface area contributed by atoms with E-state index in [1.54, 1.807) is 0 Å². The lowest BCUT2D eigenvalue weighted by Gasteiger charge is -2.28. The summed E-state index contributed by atoms with van der Waals surface area (Å²) in [4.78, 5) is 41.6. The van der Waals surface area contributed by atoms with E-state index in [0.717, 1.165) is 27.5 Å². The van der Waals surface area contributed by atoms with E-state index in [2.05, 4.69) is 5.32 Å². The summed E-state index contributed by atoms with van der Waals surface area (Å²) in [6, 6.07) is 27.6. The van der Waals surface area contributed by atoms with Crippen LogP contribution in [0.5, 0.6) is 0 Å². The average molecular weight is 478 g/mol. The van der Waals surface area contributed by atoms with Crippen LogP contribution in [0, 0.1) is 20.8 Å². The molecule has 1 saturated heterocycles.